The average molecular weight is 241 g/mol. The molecule has 4 nitrogen and oxygen atoms in total. The molecule has 0 aromatic carbocycles. The van der Waals surface area contributed by atoms with E-state index in [-0.39, 0.29) is 0 Å². The van der Waals surface area contributed by atoms with Gasteiger partial charge in [0, 0.05) is 19.1 Å². The molecule has 2 rings (SSSR count). The first-order valence-electron chi connectivity index (χ1n) is 6.84. The molecule has 4 heteroatoms. The zero-order chi connectivity index (χ0) is 12.1. The van der Waals surface area contributed by atoms with Gasteiger partial charge >= 0.3 is 5.97 Å². The molecule has 1 saturated carbocycles. The lowest BCUT2D eigenvalue weighted by Crippen LogP contribution is -2.38. The van der Waals surface area contributed by atoms with E-state index < -0.39 is 5.97 Å². The zero-order valence-electron chi connectivity index (χ0n) is 10.4. The monoisotopic (exact) mass is 241 g/mol. The number of rotatable bonds is 8. The highest BCUT2D eigenvalue weighted by atomic mass is 16.5. The molecule has 1 aliphatic heterocycles. The summed E-state index contributed by atoms with van der Waals surface area (Å²) in [4.78, 5) is 10.3. The molecule has 2 fully saturated rings. The van der Waals surface area contributed by atoms with Crippen molar-refractivity contribution in [1.82, 2.24) is 5.32 Å². The first-order valence-corrected chi connectivity index (χ1v) is 6.84. The van der Waals surface area contributed by atoms with Crippen LogP contribution in [0, 0.1) is 5.92 Å². The summed E-state index contributed by atoms with van der Waals surface area (Å²) in [7, 11) is 0. The minimum Gasteiger partial charge on any atom is -0.481 e. The fourth-order valence-corrected chi connectivity index (χ4v) is 2.58. The lowest BCUT2D eigenvalue weighted by molar-refractivity contribution is -0.137. The normalized spacial score (nSPS) is 28.5. The molecule has 0 amide bonds. The molecular formula is C13H23NO3. The Bertz CT molecular complexity index is 253. The average Bonchev–Trinajstić information content (AvgIpc) is 3.03. The van der Waals surface area contributed by atoms with E-state index in [0.29, 0.717) is 18.6 Å². The van der Waals surface area contributed by atoms with Crippen LogP contribution < -0.4 is 5.32 Å². The summed E-state index contributed by atoms with van der Waals surface area (Å²) in [6.45, 7) is 1.90. The number of unbranched alkanes of at least 4 members (excludes halogenated alkanes) is 2. The molecule has 0 radical (unpaired) electrons. The second-order valence-electron chi connectivity index (χ2n) is 5.23. The maximum atomic E-state index is 10.3. The number of carboxylic acid groups (broad SMARTS) is 1. The number of aliphatic carboxylic acids is 1. The van der Waals surface area contributed by atoms with Crippen molar-refractivity contribution < 1.29 is 14.6 Å². The highest BCUT2D eigenvalue weighted by molar-refractivity contribution is 5.66. The Balaban J connectivity index is 1.51. The quantitative estimate of drug-likeness (QED) is 0.636. The first kappa shape index (κ1) is 12.8. The fraction of sp³-hybridized carbons (Fsp3) is 0.923. The van der Waals surface area contributed by atoms with Crippen LogP contribution in [0.15, 0.2) is 0 Å². The molecule has 2 atom stereocenters. The minimum atomic E-state index is -0.684. The van der Waals surface area contributed by atoms with Gasteiger partial charge in [-0.15, -0.1) is 0 Å². The van der Waals surface area contributed by atoms with Crippen molar-refractivity contribution in [1.29, 1.82) is 0 Å². The lowest BCUT2D eigenvalue weighted by atomic mass is 10.1. The minimum absolute atomic E-state index is 0.303. The van der Waals surface area contributed by atoms with Gasteiger partial charge in [0.25, 0.3) is 0 Å². The van der Waals surface area contributed by atoms with Crippen LogP contribution in [0.25, 0.3) is 0 Å². The highest BCUT2D eigenvalue weighted by Crippen LogP contribution is 2.38. The van der Waals surface area contributed by atoms with Crippen molar-refractivity contribution in [3.8, 4) is 0 Å². The van der Waals surface area contributed by atoms with Crippen molar-refractivity contribution >= 4 is 5.97 Å². The summed E-state index contributed by atoms with van der Waals surface area (Å²) >= 11 is 0. The van der Waals surface area contributed by atoms with Crippen LogP contribution in [0.1, 0.15) is 44.9 Å². The van der Waals surface area contributed by atoms with Gasteiger partial charge in [0.2, 0.25) is 0 Å². The molecule has 0 spiro atoms. The summed E-state index contributed by atoms with van der Waals surface area (Å²) in [6.07, 6.45) is 7.43. The Morgan fingerprint density at radius 3 is 2.76 bits per heavy atom. The Hall–Kier alpha value is -0.610. The van der Waals surface area contributed by atoms with Crippen molar-refractivity contribution in [2.24, 2.45) is 5.92 Å². The third-order valence-corrected chi connectivity index (χ3v) is 3.70. The predicted molar refractivity (Wildman–Crippen MR) is 65.0 cm³/mol. The van der Waals surface area contributed by atoms with Gasteiger partial charge in [-0.1, -0.05) is 6.42 Å². The van der Waals surface area contributed by atoms with Crippen molar-refractivity contribution in [3.63, 3.8) is 0 Å². The van der Waals surface area contributed by atoms with E-state index in [0.717, 1.165) is 44.8 Å². The number of carboxylic acids is 1. The molecule has 0 aromatic rings. The molecule has 2 N–H and O–H groups in total. The van der Waals surface area contributed by atoms with Gasteiger partial charge < -0.3 is 15.2 Å². The molecule has 0 aromatic heterocycles. The summed E-state index contributed by atoms with van der Waals surface area (Å²) in [5.74, 6) is 0.123. The van der Waals surface area contributed by atoms with Gasteiger partial charge in [-0.25, -0.2) is 0 Å². The van der Waals surface area contributed by atoms with Gasteiger partial charge in [0.1, 0.15) is 0 Å². The van der Waals surface area contributed by atoms with Gasteiger partial charge in [-0.05, 0) is 44.6 Å². The van der Waals surface area contributed by atoms with E-state index in [1.165, 1.54) is 12.8 Å². The molecule has 17 heavy (non-hydrogen) atoms. The zero-order valence-corrected chi connectivity index (χ0v) is 10.4. The smallest absolute Gasteiger partial charge is 0.303 e. The van der Waals surface area contributed by atoms with Crippen LogP contribution in [-0.2, 0) is 9.53 Å². The Kier molecular flexibility index (Phi) is 4.80. The van der Waals surface area contributed by atoms with Gasteiger partial charge in [0.05, 0.1) is 6.10 Å². The molecule has 1 saturated heterocycles. The summed E-state index contributed by atoms with van der Waals surface area (Å²) < 4.78 is 5.76. The maximum absolute atomic E-state index is 10.3. The number of hydrogen-bond acceptors (Lipinski definition) is 3. The maximum Gasteiger partial charge on any atom is 0.303 e. The molecule has 1 aliphatic carbocycles. The second kappa shape index (κ2) is 6.36. The lowest BCUT2D eigenvalue weighted by Gasteiger charge is -2.19. The summed E-state index contributed by atoms with van der Waals surface area (Å²) in [5, 5.41) is 12.1. The fourth-order valence-electron chi connectivity index (χ4n) is 2.58. The second-order valence-corrected chi connectivity index (χ2v) is 5.23. The molecule has 0 bridgehead atoms. The summed E-state index contributed by atoms with van der Waals surface area (Å²) in [5.41, 5.74) is 0. The topological polar surface area (TPSA) is 58.6 Å². The SMILES string of the molecule is O=C(O)CCCCCNC1CCOC1C1CC1. The van der Waals surface area contributed by atoms with Crippen molar-refractivity contribution in [2.45, 2.75) is 57.1 Å². The van der Waals surface area contributed by atoms with E-state index in [4.69, 9.17) is 9.84 Å². The van der Waals surface area contributed by atoms with Crippen molar-refractivity contribution in [2.75, 3.05) is 13.2 Å². The molecule has 2 aliphatic rings. The van der Waals surface area contributed by atoms with E-state index in [9.17, 15) is 4.79 Å². The van der Waals surface area contributed by atoms with Gasteiger partial charge in [0.15, 0.2) is 0 Å². The largest absolute Gasteiger partial charge is 0.481 e. The molecule has 2 unspecified atom stereocenters. The standard InChI is InChI=1S/C13H23NO3/c15-12(16)4-2-1-3-8-14-11-7-9-17-13(11)10-5-6-10/h10-11,13-14H,1-9H2,(H,15,16). The first-order chi connectivity index (χ1) is 8.27. The van der Waals surface area contributed by atoms with Crippen LogP contribution in [0.3, 0.4) is 0 Å². The van der Waals surface area contributed by atoms with Crippen LogP contribution in [0.2, 0.25) is 0 Å². The molecule has 1 heterocycles. The van der Waals surface area contributed by atoms with Crippen LogP contribution >= 0.6 is 0 Å². The van der Waals surface area contributed by atoms with Gasteiger partial charge in [-0.2, -0.15) is 0 Å². The van der Waals surface area contributed by atoms with Gasteiger partial charge in [-0.3, -0.25) is 4.79 Å². The Labute approximate surface area is 103 Å². The third kappa shape index (κ3) is 4.28. The number of hydrogen-bond donors (Lipinski definition) is 2. The van der Waals surface area contributed by atoms with E-state index in [2.05, 4.69) is 5.32 Å². The van der Waals surface area contributed by atoms with Crippen molar-refractivity contribution in [3.05, 3.63) is 0 Å². The Morgan fingerprint density at radius 2 is 2.06 bits per heavy atom. The number of carbonyl (C=O) groups is 1. The van der Waals surface area contributed by atoms with Crippen LogP contribution in [-0.4, -0.2) is 36.4 Å². The third-order valence-electron chi connectivity index (χ3n) is 3.70. The van der Waals surface area contributed by atoms with E-state index in [1.807, 2.05) is 0 Å². The summed E-state index contributed by atoms with van der Waals surface area (Å²) in [6, 6.07) is 0.543. The van der Waals surface area contributed by atoms with E-state index in [1.54, 1.807) is 0 Å². The van der Waals surface area contributed by atoms with E-state index >= 15 is 0 Å². The van der Waals surface area contributed by atoms with Crippen LogP contribution in [0.5, 0.6) is 0 Å². The molecule has 98 valence electrons. The number of nitrogens with one attached hydrogen (secondary N) is 1. The van der Waals surface area contributed by atoms with Crippen LogP contribution in [0.4, 0.5) is 0 Å². The predicted octanol–water partition coefficient (Wildman–Crippen LogP) is 1.79. The molecular weight excluding hydrogens is 218 g/mol. The highest BCUT2D eigenvalue weighted by Gasteiger charge is 2.40. The number of ether oxygens (including phenoxy) is 1. The Morgan fingerprint density at radius 1 is 1.24 bits per heavy atom.